The Morgan fingerprint density at radius 2 is 0.882 bits per heavy atom. The van der Waals surface area contributed by atoms with Gasteiger partial charge in [0.25, 0.3) is 0 Å². The van der Waals surface area contributed by atoms with Gasteiger partial charge < -0.3 is 5.32 Å². The van der Waals surface area contributed by atoms with Gasteiger partial charge in [0.05, 0.1) is 0 Å². The molecule has 0 amide bonds. The van der Waals surface area contributed by atoms with Gasteiger partial charge in [-0.2, -0.15) is 0 Å². The van der Waals surface area contributed by atoms with E-state index in [-0.39, 0.29) is 0 Å². The molecule has 1 nitrogen and oxygen atoms in total. The van der Waals surface area contributed by atoms with Crippen molar-refractivity contribution in [2.75, 3.05) is 0 Å². The van der Waals surface area contributed by atoms with E-state index in [0.29, 0.717) is 12.1 Å². The Labute approximate surface area is 111 Å². The highest BCUT2D eigenvalue weighted by molar-refractivity contribution is 4.55. The minimum atomic E-state index is 0.625. The zero-order chi connectivity index (χ0) is 13.5. The van der Waals surface area contributed by atoms with Crippen LogP contribution in [-0.4, -0.2) is 12.1 Å². The second-order valence-electron chi connectivity index (χ2n) is 5.60. The summed E-state index contributed by atoms with van der Waals surface area (Å²) in [6, 6.07) is 1.25. The summed E-state index contributed by atoms with van der Waals surface area (Å²) in [5.74, 6) is 0. The number of rotatable bonds is 9. The molecule has 0 saturated carbocycles. The molecule has 0 rings (SSSR count). The molecule has 0 aromatic carbocycles. The Morgan fingerprint density at radius 1 is 0.588 bits per heavy atom. The third-order valence-electron chi connectivity index (χ3n) is 2.62. The van der Waals surface area contributed by atoms with Crippen LogP contribution in [-0.2, 0) is 0 Å². The summed E-state index contributed by atoms with van der Waals surface area (Å²) in [7, 11) is 0. The first-order valence-corrected chi connectivity index (χ1v) is 7.80. The summed E-state index contributed by atoms with van der Waals surface area (Å²) in [5, 5.41) is 3.31. The van der Waals surface area contributed by atoms with Crippen molar-refractivity contribution in [3.05, 3.63) is 0 Å². The third kappa shape index (κ3) is 25.9. The lowest BCUT2D eigenvalue weighted by Crippen LogP contribution is -2.29. The van der Waals surface area contributed by atoms with Crippen molar-refractivity contribution >= 4 is 0 Å². The van der Waals surface area contributed by atoms with Crippen molar-refractivity contribution in [1.29, 1.82) is 0 Å². The highest BCUT2D eigenvalue weighted by Crippen LogP contribution is 2.07. The molecular weight excluding hydrogens is 206 g/mol. The largest absolute Gasteiger partial charge is 0.312 e. The van der Waals surface area contributed by atoms with Crippen LogP contribution in [0.4, 0.5) is 0 Å². The Morgan fingerprint density at radius 3 is 1.06 bits per heavy atom. The van der Waals surface area contributed by atoms with E-state index in [1.54, 1.807) is 0 Å². The molecule has 0 aromatic heterocycles. The van der Waals surface area contributed by atoms with E-state index in [1.807, 2.05) is 0 Å². The van der Waals surface area contributed by atoms with Crippen molar-refractivity contribution in [2.24, 2.45) is 0 Å². The maximum absolute atomic E-state index is 3.31. The van der Waals surface area contributed by atoms with Crippen LogP contribution in [0.1, 0.15) is 92.9 Å². The monoisotopic (exact) mass is 243 g/mol. The third-order valence-corrected chi connectivity index (χ3v) is 2.62. The van der Waals surface area contributed by atoms with E-state index in [1.165, 1.54) is 51.4 Å². The first-order chi connectivity index (χ1) is 8.04. The number of unbranched alkanes of at least 4 members (excludes halogenated alkanes) is 7. The van der Waals surface area contributed by atoms with Crippen molar-refractivity contribution in [3.63, 3.8) is 0 Å². The summed E-state index contributed by atoms with van der Waals surface area (Å²) in [6.45, 7) is 13.2. The molecule has 0 saturated heterocycles. The molecule has 0 radical (unpaired) electrons. The molecule has 0 bridgehead atoms. The Hall–Kier alpha value is -0.0400. The van der Waals surface area contributed by atoms with E-state index in [0.717, 1.165) is 0 Å². The van der Waals surface area contributed by atoms with Gasteiger partial charge in [0.15, 0.2) is 0 Å². The standard InChI is InChI=1S/C10H22.C6H15N/c1-3-5-7-9-10-8-6-4-2;1-5(2)7-6(3)4/h3-10H2,1-2H3;5-7H,1-4H3. The molecular formula is C16H37N. The summed E-state index contributed by atoms with van der Waals surface area (Å²) >= 11 is 0. The first-order valence-electron chi connectivity index (χ1n) is 7.80. The van der Waals surface area contributed by atoms with Crippen LogP contribution < -0.4 is 5.32 Å². The lowest BCUT2D eigenvalue weighted by molar-refractivity contribution is 0.518. The molecule has 106 valence electrons. The number of hydrogen-bond acceptors (Lipinski definition) is 1. The van der Waals surface area contributed by atoms with Gasteiger partial charge in [-0.15, -0.1) is 0 Å². The van der Waals surface area contributed by atoms with E-state index in [2.05, 4.69) is 46.9 Å². The minimum Gasteiger partial charge on any atom is -0.312 e. The average Bonchev–Trinajstić information content (AvgIpc) is 2.22. The molecule has 0 aliphatic rings. The van der Waals surface area contributed by atoms with E-state index >= 15 is 0 Å². The van der Waals surface area contributed by atoms with Gasteiger partial charge in [-0.1, -0.05) is 92.9 Å². The summed E-state index contributed by atoms with van der Waals surface area (Å²) in [5.41, 5.74) is 0. The molecule has 1 heteroatoms. The molecule has 0 heterocycles. The zero-order valence-electron chi connectivity index (χ0n) is 13.3. The molecule has 0 spiro atoms. The Kier molecular flexibility index (Phi) is 18.1. The Bertz CT molecular complexity index is 105. The quantitative estimate of drug-likeness (QED) is 0.524. The molecule has 0 aliphatic carbocycles. The van der Waals surface area contributed by atoms with Gasteiger partial charge in [0, 0.05) is 12.1 Å². The highest BCUT2D eigenvalue weighted by atomic mass is 14.9. The number of hydrogen-bond donors (Lipinski definition) is 1. The molecule has 0 fully saturated rings. The molecule has 0 aliphatic heterocycles. The summed E-state index contributed by atoms with van der Waals surface area (Å²) in [6.07, 6.45) is 11.5. The molecule has 0 aromatic rings. The van der Waals surface area contributed by atoms with Crippen LogP contribution in [0.3, 0.4) is 0 Å². The fourth-order valence-corrected chi connectivity index (χ4v) is 1.87. The van der Waals surface area contributed by atoms with Gasteiger partial charge in [-0.25, -0.2) is 0 Å². The van der Waals surface area contributed by atoms with Crippen LogP contribution in [0.15, 0.2) is 0 Å². The number of nitrogens with one attached hydrogen (secondary N) is 1. The molecule has 0 unspecified atom stereocenters. The van der Waals surface area contributed by atoms with Crippen LogP contribution in [0.2, 0.25) is 0 Å². The Balaban J connectivity index is 0. The minimum absolute atomic E-state index is 0.625. The van der Waals surface area contributed by atoms with Crippen molar-refractivity contribution in [1.82, 2.24) is 5.32 Å². The summed E-state index contributed by atoms with van der Waals surface area (Å²) < 4.78 is 0. The van der Waals surface area contributed by atoms with Crippen LogP contribution in [0.5, 0.6) is 0 Å². The highest BCUT2D eigenvalue weighted by Gasteiger charge is 1.92. The predicted molar refractivity (Wildman–Crippen MR) is 81.7 cm³/mol. The lowest BCUT2D eigenvalue weighted by atomic mass is 10.1. The topological polar surface area (TPSA) is 12.0 Å². The van der Waals surface area contributed by atoms with Crippen molar-refractivity contribution in [2.45, 2.75) is 105 Å². The van der Waals surface area contributed by atoms with Crippen molar-refractivity contribution in [3.8, 4) is 0 Å². The second-order valence-corrected chi connectivity index (χ2v) is 5.60. The summed E-state index contributed by atoms with van der Waals surface area (Å²) in [4.78, 5) is 0. The molecule has 0 atom stereocenters. The zero-order valence-corrected chi connectivity index (χ0v) is 13.3. The van der Waals surface area contributed by atoms with Gasteiger partial charge in [0.2, 0.25) is 0 Å². The molecule has 17 heavy (non-hydrogen) atoms. The molecule has 1 N–H and O–H groups in total. The second kappa shape index (κ2) is 16.0. The first kappa shape index (κ1) is 19.3. The normalized spacial score (nSPS) is 10.6. The smallest absolute Gasteiger partial charge is 0.00127 e. The van der Waals surface area contributed by atoms with Crippen LogP contribution in [0.25, 0.3) is 0 Å². The van der Waals surface area contributed by atoms with Crippen LogP contribution in [0, 0.1) is 0 Å². The SMILES string of the molecule is CC(C)NC(C)C.CCCCCCCCCC. The fourth-order valence-electron chi connectivity index (χ4n) is 1.87. The lowest BCUT2D eigenvalue weighted by Gasteiger charge is -2.10. The van der Waals surface area contributed by atoms with E-state index in [4.69, 9.17) is 0 Å². The van der Waals surface area contributed by atoms with Crippen molar-refractivity contribution < 1.29 is 0 Å². The predicted octanol–water partition coefficient (Wildman–Crippen LogP) is 5.54. The fraction of sp³-hybridized carbons (Fsp3) is 1.00. The maximum Gasteiger partial charge on any atom is 0.00127 e. The van der Waals surface area contributed by atoms with Gasteiger partial charge in [-0.05, 0) is 0 Å². The maximum atomic E-state index is 3.31. The van der Waals surface area contributed by atoms with E-state index < -0.39 is 0 Å². The van der Waals surface area contributed by atoms with E-state index in [9.17, 15) is 0 Å². The van der Waals surface area contributed by atoms with Gasteiger partial charge in [-0.3, -0.25) is 0 Å². The average molecular weight is 243 g/mol. The van der Waals surface area contributed by atoms with Crippen LogP contribution >= 0.6 is 0 Å². The van der Waals surface area contributed by atoms with Gasteiger partial charge in [0.1, 0.15) is 0 Å². The van der Waals surface area contributed by atoms with Gasteiger partial charge >= 0.3 is 0 Å².